The van der Waals surface area contributed by atoms with Crippen LogP contribution in [-0.2, 0) is 4.74 Å². The summed E-state index contributed by atoms with van der Waals surface area (Å²) in [5.41, 5.74) is 1.70. The molecule has 1 saturated heterocycles. The molecule has 4 nitrogen and oxygen atoms in total. The summed E-state index contributed by atoms with van der Waals surface area (Å²) in [4.78, 5) is 19.1. The third-order valence-corrected chi connectivity index (χ3v) is 5.62. The number of aromatic nitrogens is 1. The zero-order valence-corrected chi connectivity index (χ0v) is 15.6. The maximum atomic E-state index is 14.2. The van der Waals surface area contributed by atoms with Crippen LogP contribution in [0.4, 0.5) is 13.9 Å². The van der Waals surface area contributed by atoms with Gasteiger partial charge in [0.1, 0.15) is 11.6 Å². The first kappa shape index (κ1) is 18.0. The van der Waals surface area contributed by atoms with Crippen molar-refractivity contribution in [1.29, 1.82) is 0 Å². The van der Waals surface area contributed by atoms with Gasteiger partial charge in [0.2, 0.25) is 0 Å². The van der Waals surface area contributed by atoms with E-state index in [-0.39, 0.29) is 18.2 Å². The lowest BCUT2D eigenvalue weighted by atomic mass is 10.1. The van der Waals surface area contributed by atoms with Crippen LogP contribution in [0.5, 0.6) is 0 Å². The summed E-state index contributed by atoms with van der Waals surface area (Å²) in [5, 5.41) is 0.486. The van der Waals surface area contributed by atoms with E-state index in [1.807, 2.05) is 25.1 Å². The minimum Gasteiger partial charge on any atom is -0.376 e. The Labute approximate surface area is 159 Å². The maximum Gasteiger partial charge on any atom is 0.263 e. The molecule has 0 bridgehead atoms. The van der Waals surface area contributed by atoms with Crippen LogP contribution in [0.15, 0.2) is 36.4 Å². The van der Waals surface area contributed by atoms with Crippen molar-refractivity contribution in [2.75, 3.05) is 18.1 Å². The molecule has 3 aromatic rings. The molecule has 0 N–H and O–H groups in total. The minimum absolute atomic E-state index is 0.119. The monoisotopic (exact) mass is 388 g/mol. The van der Waals surface area contributed by atoms with E-state index < -0.39 is 17.5 Å². The van der Waals surface area contributed by atoms with Gasteiger partial charge in [0.05, 0.1) is 28.4 Å². The lowest BCUT2D eigenvalue weighted by molar-refractivity contribution is 0.0914. The Hall–Kier alpha value is -2.38. The van der Waals surface area contributed by atoms with Crippen molar-refractivity contribution in [2.24, 2.45) is 0 Å². The van der Waals surface area contributed by atoms with Gasteiger partial charge < -0.3 is 4.74 Å². The molecular weight excluding hydrogens is 370 g/mol. The number of carbonyl (C=O) groups is 1. The average molecular weight is 388 g/mol. The van der Waals surface area contributed by atoms with Gasteiger partial charge in [-0.05, 0) is 49.6 Å². The summed E-state index contributed by atoms with van der Waals surface area (Å²) >= 11 is 1.38. The first-order chi connectivity index (χ1) is 13.0. The maximum absolute atomic E-state index is 14.2. The Balaban J connectivity index is 1.73. The molecule has 1 aromatic heterocycles. The number of nitrogens with zero attached hydrogens (tertiary/aromatic N) is 2. The number of aryl methyl sites for hydroxylation is 1. The second kappa shape index (κ2) is 7.32. The number of thiazole rings is 1. The molecular formula is C20H18F2N2O2S. The van der Waals surface area contributed by atoms with Crippen molar-refractivity contribution < 1.29 is 18.3 Å². The quantitative estimate of drug-likeness (QED) is 0.650. The zero-order valence-electron chi connectivity index (χ0n) is 14.7. The lowest BCUT2D eigenvalue weighted by Gasteiger charge is -2.23. The van der Waals surface area contributed by atoms with Crippen LogP contribution < -0.4 is 4.90 Å². The summed E-state index contributed by atoms with van der Waals surface area (Å²) in [5.74, 6) is -2.14. The van der Waals surface area contributed by atoms with Crippen molar-refractivity contribution in [3.05, 3.63) is 59.2 Å². The van der Waals surface area contributed by atoms with E-state index in [1.165, 1.54) is 22.3 Å². The van der Waals surface area contributed by atoms with E-state index in [0.29, 0.717) is 11.7 Å². The fourth-order valence-corrected chi connectivity index (χ4v) is 4.25. The fraction of sp³-hybridized carbons (Fsp3) is 0.300. The van der Waals surface area contributed by atoms with Crippen LogP contribution in [-0.4, -0.2) is 30.1 Å². The van der Waals surface area contributed by atoms with E-state index in [0.717, 1.165) is 40.8 Å². The van der Waals surface area contributed by atoms with Crippen LogP contribution in [0.1, 0.15) is 28.8 Å². The normalized spacial score (nSPS) is 16.8. The van der Waals surface area contributed by atoms with Crippen molar-refractivity contribution in [1.82, 2.24) is 4.98 Å². The highest BCUT2D eigenvalue weighted by Gasteiger charge is 2.28. The predicted octanol–water partition coefficient (Wildman–Crippen LogP) is 4.71. The molecule has 1 fully saturated rings. The minimum atomic E-state index is -0.880. The summed E-state index contributed by atoms with van der Waals surface area (Å²) in [6.45, 7) is 2.92. The van der Waals surface area contributed by atoms with Crippen LogP contribution in [0, 0.1) is 18.6 Å². The molecule has 0 aliphatic carbocycles. The van der Waals surface area contributed by atoms with Crippen LogP contribution in [0.2, 0.25) is 0 Å². The molecule has 27 heavy (non-hydrogen) atoms. The topological polar surface area (TPSA) is 42.4 Å². The number of carbonyl (C=O) groups excluding carboxylic acids is 1. The molecule has 1 aliphatic heterocycles. The Morgan fingerprint density at radius 3 is 2.89 bits per heavy atom. The van der Waals surface area contributed by atoms with E-state index >= 15 is 0 Å². The second-order valence-corrected chi connectivity index (χ2v) is 7.65. The molecule has 1 amide bonds. The van der Waals surface area contributed by atoms with Gasteiger partial charge >= 0.3 is 0 Å². The summed E-state index contributed by atoms with van der Waals surface area (Å²) in [6, 6.07) is 8.84. The molecule has 7 heteroatoms. The molecule has 1 aliphatic rings. The van der Waals surface area contributed by atoms with Crippen LogP contribution >= 0.6 is 11.3 Å². The highest BCUT2D eigenvalue weighted by atomic mass is 32.1. The van der Waals surface area contributed by atoms with Gasteiger partial charge in [-0.3, -0.25) is 9.69 Å². The number of benzene rings is 2. The fourth-order valence-electron chi connectivity index (χ4n) is 3.18. The van der Waals surface area contributed by atoms with Gasteiger partial charge in [-0.15, -0.1) is 0 Å². The predicted molar refractivity (Wildman–Crippen MR) is 101 cm³/mol. The van der Waals surface area contributed by atoms with Gasteiger partial charge in [-0.25, -0.2) is 13.8 Å². The number of ether oxygens (including phenoxy) is 1. The van der Waals surface area contributed by atoms with Gasteiger partial charge in [0, 0.05) is 12.7 Å². The summed E-state index contributed by atoms with van der Waals surface area (Å²) < 4.78 is 34.1. The summed E-state index contributed by atoms with van der Waals surface area (Å²) in [6.07, 6.45) is 1.64. The van der Waals surface area contributed by atoms with E-state index in [2.05, 4.69) is 4.98 Å². The van der Waals surface area contributed by atoms with E-state index in [1.54, 1.807) is 0 Å². The first-order valence-electron chi connectivity index (χ1n) is 8.77. The lowest BCUT2D eigenvalue weighted by Crippen LogP contribution is -2.38. The highest BCUT2D eigenvalue weighted by molar-refractivity contribution is 7.22. The molecule has 4 rings (SSSR count). The molecule has 2 heterocycles. The van der Waals surface area contributed by atoms with Crippen molar-refractivity contribution >= 4 is 32.6 Å². The molecule has 2 aromatic carbocycles. The molecule has 140 valence electrons. The number of halogens is 2. The third-order valence-electron chi connectivity index (χ3n) is 4.58. The Morgan fingerprint density at radius 1 is 1.30 bits per heavy atom. The van der Waals surface area contributed by atoms with Crippen LogP contribution in [0.25, 0.3) is 10.2 Å². The van der Waals surface area contributed by atoms with Gasteiger partial charge in [-0.2, -0.15) is 0 Å². The number of amides is 1. The van der Waals surface area contributed by atoms with Crippen molar-refractivity contribution in [3.8, 4) is 0 Å². The number of hydrogen-bond donors (Lipinski definition) is 0. The van der Waals surface area contributed by atoms with Crippen molar-refractivity contribution in [2.45, 2.75) is 25.9 Å². The van der Waals surface area contributed by atoms with Crippen molar-refractivity contribution in [3.63, 3.8) is 0 Å². The average Bonchev–Trinajstić information content (AvgIpc) is 3.28. The number of rotatable bonds is 4. The number of hydrogen-bond acceptors (Lipinski definition) is 4. The van der Waals surface area contributed by atoms with Gasteiger partial charge in [-0.1, -0.05) is 17.4 Å². The van der Waals surface area contributed by atoms with Crippen LogP contribution in [0.3, 0.4) is 0 Å². The number of fused-ring (bicyclic) bond motifs is 1. The van der Waals surface area contributed by atoms with E-state index in [4.69, 9.17) is 4.74 Å². The highest BCUT2D eigenvalue weighted by Crippen LogP contribution is 2.31. The smallest absolute Gasteiger partial charge is 0.263 e. The Bertz CT molecular complexity index is 999. The van der Waals surface area contributed by atoms with Gasteiger partial charge in [0.15, 0.2) is 5.13 Å². The molecule has 0 spiro atoms. The Kier molecular flexibility index (Phi) is 4.88. The summed E-state index contributed by atoms with van der Waals surface area (Å²) in [7, 11) is 0. The standard InChI is InChI=1S/C20H18F2N2O2S/c1-12-4-7-17-18(9-12)27-20(23-17)24(11-14-3-2-8-26-14)19(25)15-6-5-13(21)10-16(15)22/h4-7,9-10,14H,2-3,8,11H2,1H3. The molecule has 0 radical (unpaired) electrons. The second-order valence-electron chi connectivity index (χ2n) is 6.64. The zero-order chi connectivity index (χ0) is 19.0. The molecule has 1 unspecified atom stereocenters. The third kappa shape index (κ3) is 3.70. The number of anilines is 1. The Morgan fingerprint density at radius 2 is 2.15 bits per heavy atom. The molecule has 0 saturated carbocycles. The van der Waals surface area contributed by atoms with E-state index in [9.17, 15) is 13.6 Å². The van der Waals surface area contributed by atoms with Gasteiger partial charge in [0.25, 0.3) is 5.91 Å². The first-order valence-corrected chi connectivity index (χ1v) is 9.58. The molecule has 1 atom stereocenters. The SMILES string of the molecule is Cc1ccc2nc(N(CC3CCCO3)C(=O)c3ccc(F)cc3F)sc2c1. The largest absolute Gasteiger partial charge is 0.376 e.